The predicted octanol–water partition coefficient (Wildman–Crippen LogP) is 1.38. The van der Waals surface area contributed by atoms with Crippen LogP contribution in [0.1, 0.15) is 34.6 Å². The minimum Gasteiger partial charge on any atom is -0.423 e. The summed E-state index contributed by atoms with van der Waals surface area (Å²) >= 11 is 0. The van der Waals surface area contributed by atoms with Crippen LogP contribution in [0, 0.1) is 5.41 Å². The quantitative estimate of drug-likeness (QED) is 0.695. The summed E-state index contributed by atoms with van der Waals surface area (Å²) in [6.45, 7) is 9.38. The van der Waals surface area contributed by atoms with E-state index in [-0.39, 0.29) is 5.91 Å². The Balaban J connectivity index is 0.00000137. The molecule has 0 aliphatic carbocycles. The van der Waals surface area contributed by atoms with Gasteiger partial charge in [-0.2, -0.15) is 0 Å². The molecule has 5 heteroatoms. The Bertz CT molecular complexity index is 386. The van der Waals surface area contributed by atoms with E-state index in [2.05, 4.69) is 5.32 Å². The molecule has 100 valence electrons. The van der Waals surface area contributed by atoms with Crippen molar-refractivity contribution in [1.29, 1.82) is 0 Å². The summed E-state index contributed by atoms with van der Waals surface area (Å²) in [4.78, 5) is 11.7. The molecule has 0 radical (unpaired) electrons. The molecule has 1 aromatic rings. The molecule has 0 aromatic heterocycles. The zero-order valence-corrected chi connectivity index (χ0v) is 11.7. The van der Waals surface area contributed by atoms with E-state index in [0.717, 1.165) is 0 Å². The van der Waals surface area contributed by atoms with Gasteiger partial charge in [-0.05, 0) is 6.07 Å². The fourth-order valence-electron chi connectivity index (χ4n) is 1.15. The molecule has 0 heterocycles. The van der Waals surface area contributed by atoms with Gasteiger partial charge >= 0.3 is 7.12 Å². The van der Waals surface area contributed by atoms with Gasteiger partial charge in [-0.1, -0.05) is 52.8 Å². The van der Waals surface area contributed by atoms with Crippen molar-refractivity contribution in [3.63, 3.8) is 0 Å². The van der Waals surface area contributed by atoms with Gasteiger partial charge < -0.3 is 15.4 Å². The molecule has 0 atom stereocenters. The molecule has 4 nitrogen and oxygen atoms in total. The Hall–Kier alpha value is -1.33. The first kappa shape index (κ1) is 16.7. The van der Waals surface area contributed by atoms with Crippen molar-refractivity contribution in [2.75, 3.05) is 5.32 Å². The van der Waals surface area contributed by atoms with Crippen molar-refractivity contribution in [1.82, 2.24) is 0 Å². The van der Waals surface area contributed by atoms with Gasteiger partial charge in [0.2, 0.25) is 5.91 Å². The Labute approximate surface area is 109 Å². The van der Waals surface area contributed by atoms with Crippen LogP contribution in [0.25, 0.3) is 0 Å². The minimum absolute atomic E-state index is 0.166. The van der Waals surface area contributed by atoms with Crippen LogP contribution in [-0.4, -0.2) is 23.1 Å². The maximum Gasteiger partial charge on any atom is 0.490 e. The number of nitrogens with one attached hydrogen (secondary N) is 1. The van der Waals surface area contributed by atoms with Gasteiger partial charge in [-0.15, -0.1) is 0 Å². The largest absolute Gasteiger partial charge is 0.490 e. The van der Waals surface area contributed by atoms with Crippen LogP contribution >= 0.6 is 0 Å². The molecule has 0 aliphatic heterocycles. The highest BCUT2D eigenvalue weighted by Crippen LogP contribution is 2.16. The number of hydrogen-bond donors (Lipinski definition) is 3. The summed E-state index contributed by atoms with van der Waals surface area (Å²) < 4.78 is 0. The van der Waals surface area contributed by atoms with E-state index in [1.165, 1.54) is 0 Å². The van der Waals surface area contributed by atoms with Crippen LogP contribution in [0.2, 0.25) is 0 Å². The number of amides is 1. The maximum absolute atomic E-state index is 11.7. The highest BCUT2D eigenvalue weighted by molar-refractivity contribution is 6.60. The Morgan fingerprint density at radius 3 is 2.11 bits per heavy atom. The van der Waals surface area contributed by atoms with Gasteiger partial charge in [0, 0.05) is 16.6 Å². The summed E-state index contributed by atoms with van der Waals surface area (Å²) in [6.07, 6.45) is 0. The second-order valence-electron chi connectivity index (χ2n) is 4.67. The molecule has 0 bridgehead atoms. The van der Waals surface area contributed by atoms with E-state index in [4.69, 9.17) is 10.0 Å². The van der Waals surface area contributed by atoms with E-state index >= 15 is 0 Å². The van der Waals surface area contributed by atoms with Crippen LogP contribution in [0.3, 0.4) is 0 Å². The number of rotatable bonds is 2. The number of benzene rings is 1. The van der Waals surface area contributed by atoms with Crippen molar-refractivity contribution in [3.05, 3.63) is 24.3 Å². The van der Waals surface area contributed by atoms with Crippen molar-refractivity contribution in [2.45, 2.75) is 34.6 Å². The average Bonchev–Trinajstić information content (AvgIpc) is 2.31. The average molecular weight is 251 g/mol. The lowest BCUT2D eigenvalue weighted by Crippen LogP contribution is -2.36. The number of carbonyl (C=O) groups excluding carboxylic acids is 1. The SMILES string of the molecule is CC.CC(C)(C)C(=O)Nc1ccccc1B(O)O. The van der Waals surface area contributed by atoms with Gasteiger partial charge in [0.05, 0.1) is 0 Å². The number of para-hydroxylation sites is 1. The van der Waals surface area contributed by atoms with Crippen LogP contribution in [-0.2, 0) is 4.79 Å². The molecule has 0 unspecified atom stereocenters. The van der Waals surface area contributed by atoms with E-state index in [1.54, 1.807) is 45.0 Å². The molecule has 0 saturated carbocycles. The van der Waals surface area contributed by atoms with Crippen molar-refractivity contribution < 1.29 is 14.8 Å². The van der Waals surface area contributed by atoms with Crippen molar-refractivity contribution in [2.24, 2.45) is 5.41 Å². The topological polar surface area (TPSA) is 69.6 Å². The smallest absolute Gasteiger partial charge is 0.423 e. The lowest BCUT2D eigenvalue weighted by Gasteiger charge is -2.19. The summed E-state index contributed by atoms with van der Waals surface area (Å²) in [7, 11) is -1.59. The van der Waals surface area contributed by atoms with Gasteiger partial charge in [0.1, 0.15) is 0 Å². The van der Waals surface area contributed by atoms with E-state index in [9.17, 15) is 4.79 Å². The zero-order chi connectivity index (χ0) is 14.3. The monoisotopic (exact) mass is 251 g/mol. The first-order valence-electron chi connectivity index (χ1n) is 6.09. The van der Waals surface area contributed by atoms with Gasteiger partial charge in [0.25, 0.3) is 0 Å². The summed E-state index contributed by atoms with van der Waals surface area (Å²) in [5.41, 5.74) is 0.200. The van der Waals surface area contributed by atoms with E-state index in [1.807, 2.05) is 13.8 Å². The van der Waals surface area contributed by atoms with Crippen LogP contribution in [0.5, 0.6) is 0 Å². The second-order valence-corrected chi connectivity index (χ2v) is 4.67. The number of anilines is 1. The number of carbonyl (C=O) groups is 1. The highest BCUT2D eigenvalue weighted by Gasteiger charge is 2.23. The van der Waals surface area contributed by atoms with Crippen LogP contribution in [0.4, 0.5) is 5.69 Å². The third-order valence-corrected chi connectivity index (χ3v) is 2.17. The first-order valence-corrected chi connectivity index (χ1v) is 6.09. The van der Waals surface area contributed by atoms with Crippen LogP contribution in [0.15, 0.2) is 24.3 Å². The minimum atomic E-state index is -1.59. The maximum atomic E-state index is 11.7. The Kier molecular flexibility index (Phi) is 6.66. The second kappa shape index (κ2) is 7.19. The molecule has 1 amide bonds. The molecule has 0 aliphatic rings. The van der Waals surface area contributed by atoms with Gasteiger partial charge in [-0.25, -0.2) is 0 Å². The fraction of sp³-hybridized carbons (Fsp3) is 0.462. The van der Waals surface area contributed by atoms with Crippen LogP contribution < -0.4 is 10.8 Å². The van der Waals surface area contributed by atoms with E-state index < -0.39 is 12.5 Å². The van der Waals surface area contributed by atoms with Gasteiger partial charge in [0.15, 0.2) is 0 Å². The Morgan fingerprint density at radius 1 is 1.17 bits per heavy atom. The molecule has 3 N–H and O–H groups in total. The third kappa shape index (κ3) is 4.90. The molecule has 0 saturated heterocycles. The van der Waals surface area contributed by atoms with E-state index in [0.29, 0.717) is 11.2 Å². The predicted molar refractivity (Wildman–Crippen MR) is 75.7 cm³/mol. The third-order valence-electron chi connectivity index (χ3n) is 2.17. The highest BCUT2D eigenvalue weighted by atomic mass is 16.4. The molecular formula is C13H22BNO3. The lowest BCUT2D eigenvalue weighted by atomic mass is 9.79. The Morgan fingerprint density at radius 2 is 1.67 bits per heavy atom. The molecular weight excluding hydrogens is 229 g/mol. The fourth-order valence-corrected chi connectivity index (χ4v) is 1.15. The summed E-state index contributed by atoms with van der Waals surface area (Å²) in [5.74, 6) is -0.166. The zero-order valence-electron chi connectivity index (χ0n) is 11.7. The number of hydrogen-bond acceptors (Lipinski definition) is 3. The summed E-state index contributed by atoms with van der Waals surface area (Å²) in [5, 5.41) is 20.9. The molecule has 0 fully saturated rings. The normalized spacial score (nSPS) is 10.2. The van der Waals surface area contributed by atoms with Gasteiger partial charge in [-0.3, -0.25) is 4.79 Å². The van der Waals surface area contributed by atoms with Crippen molar-refractivity contribution in [3.8, 4) is 0 Å². The molecule has 0 spiro atoms. The standard InChI is InChI=1S/C11H16BNO3.C2H6/c1-11(2,3)10(14)13-9-7-5-4-6-8(9)12(15)16;1-2/h4-7,15-16H,1-3H3,(H,13,14);1-2H3. The van der Waals surface area contributed by atoms with Crippen molar-refractivity contribution >= 4 is 24.2 Å². The lowest BCUT2D eigenvalue weighted by molar-refractivity contribution is -0.123. The molecule has 1 rings (SSSR count). The molecule has 1 aromatic carbocycles. The summed E-state index contributed by atoms with van der Waals surface area (Å²) in [6, 6.07) is 6.60. The molecule has 18 heavy (non-hydrogen) atoms. The first-order chi connectivity index (χ1) is 8.32.